The average Bonchev–Trinajstić information content (AvgIpc) is 2.94. The van der Waals surface area contributed by atoms with Gasteiger partial charge in [-0.05, 0) is 61.2 Å². The number of hydrogen-bond acceptors (Lipinski definition) is 7. The number of benzene rings is 2. The smallest absolute Gasteiger partial charge is 0.168 e. The normalized spacial score (nSPS) is 17.2. The van der Waals surface area contributed by atoms with Crippen LogP contribution in [0, 0.1) is 5.92 Å². The number of carbonyl (C=O) groups excluding carboxylic acids is 1. The van der Waals surface area contributed by atoms with E-state index < -0.39 is 5.60 Å². The van der Waals surface area contributed by atoms with Crippen LogP contribution < -0.4 is 15.4 Å². The largest absolute Gasteiger partial charge is 0.498 e. The van der Waals surface area contributed by atoms with Crippen LogP contribution in [0.5, 0.6) is 11.5 Å². The molecule has 1 aliphatic carbocycles. The molecule has 0 radical (unpaired) electrons. The zero-order chi connectivity index (χ0) is 27.8. The maximum Gasteiger partial charge on any atom is 0.168 e. The first kappa shape index (κ1) is 28.3. The third-order valence-corrected chi connectivity index (χ3v) is 7.04. The molecule has 7 nitrogen and oxygen atoms in total. The highest BCUT2D eigenvalue weighted by Crippen LogP contribution is 2.38. The molecule has 3 aromatic rings. The number of pyridine rings is 1. The van der Waals surface area contributed by atoms with Crippen molar-refractivity contribution in [2.24, 2.45) is 5.92 Å². The summed E-state index contributed by atoms with van der Waals surface area (Å²) in [4.78, 5) is 17.6. The molecule has 1 aromatic heterocycles. The molecular formula is C32H39N3O4. The van der Waals surface area contributed by atoms with Gasteiger partial charge >= 0.3 is 0 Å². The van der Waals surface area contributed by atoms with Crippen LogP contribution in [0.2, 0.25) is 0 Å². The van der Waals surface area contributed by atoms with Crippen LogP contribution in [0.15, 0.2) is 72.6 Å². The van der Waals surface area contributed by atoms with Crippen LogP contribution in [-0.2, 0) is 27.2 Å². The highest BCUT2D eigenvalue weighted by Gasteiger charge is 2.36. The molecule has 1 aliphatic rings. The molecule has 39 heavy (non-hydrogen) atoms. The number of ketones is 1. The van der Waals surface area contributed by atoms with Gasteiger partial charge in [-0.25, -0.2) is 0 Å². The van der Waals surface area contributed by atoms with E-state index in [1.54, 1.807) is 20.4 Å². The van der Waals surface area contributed by atoms with Gasteiger partial charge in [0.2, 0.25) is 0 Å². The lowest BCUT2D eigenvalue weighted by molar-refractivity contribution is -0.119. The summed E-state index contributed by atoms with van der Waals surface area (Å²) < 4.78 is 17.5. The van der Waals surface area contributed by atoms with Crippen molar-refractivity contribution in [2.45, 2.75) is 51.8 Å². The number of hydrogen-bond donors (Lipinski definition) is 2. The van der Waals surface area contributed by atoms with E-state index in [1.807, 2.05) is 61.5 Å². The van der Waals surface area contributed by atoms with Gasteiger partial charge in [-0.2, -0.15) is 0 Å². The molecule has 0 amide bonds. The SMILES string of the molecule is COC1=Cc2c(Oc3ccc(NCC(=O)C(CC(C)C)NCc4ccccc4)cc3)ccnc2CC1(C)OC. The van der Waals surface area contributed by atoms with E-state index >= 15 is 0 Å². The predicted molar refractivity (Wildman–Crippen MR) is 155 cm³/mol. The molecule has 4 rings (SSSR count). The Hall–Kier alpha value is -3.68. The summed E-state index contributed by atoms with van der Waals surface area (Å²) in [6, 6.07) is 19.4. The number of nitrogens with zero attached hydrogens (tertiary/aromatic N) is 1. The highest BCUT2D eigenvalue weighted by atomic mass is 16.5. The molecule has 206 valence electrons. The fourth-order valence-corrected chi connectivity index (χ4v) is 4.74. The number of ether oxygens (including phenoxy) is 3. The van der Waals surface area contributed by atoms with Crippen molar-refractivity contribution in [3.63, 3.8) is 0 Å². The third-order valence-electron chi connectivity index (χ3n) is 7.04. The molecule has 0 saturated carbocycles. The topological polar surface area (TPSA) is 81.7 Å². The number of carbonyl (C=O) groups is 1. The summed E-state index contributed by atoms with van der Waals surface area (Å²) in [6.07, 6.45) is 5.06. The Morgan fingerprint density at radius 2 is 1.79 bits per heavy atom. The van der Waals surface area contributed by atoms with E-state index in [0.29, 0.717) is 30.4 Å². The maximum absolute atomic E-state index is 13.1. The highest BCUT2D eigenvalue weighted by molar-refractivity contribution is 5.88. The molecule has 0 bridgehead atoms. The molecule has 0 fully saturated rings. The number of methoxy groups -OCH3 is 2. The first-order chi connectivity index (χ1) is 18.8. The van der Waals surface area contributed by atoms with Crippen molar-refractivity contribution in [1.82, 2.24) is 10.3 Å². The van der Waals surface area contributed by atoms with Crippen LogP contribution >= 0.6 is 0 Å². The molecule has 2 atom stereocenters. The molecular weight excluding hydrogens is 490 g/mol. The molecule has 2 unspecified atom stereocenters. The summed E-state index contributed by atoms with van der Waals surface area (Å²) in [6.45, 7) is 7.18. The fraction of sp³-hybridized carbons (Fsp3) is 0.375. The summed E-state index contributed by atoms with van der Waals surface area (Å²) in [5, 5.41) is 6.72. The minimum atomic E-state index is -0.566. The second-order valence-electron chi connectivity index (χ2n) is 10.5. The Balaban J connectivity index is 1.38. The fourth-order valence-electron chi connectivity index (χ4n) is 4.74. The van der Waals surface area contributed by atoms with E-state index in [4.69, 9.17) is 14.2 Å². The number of Topliss-reactive ketones (excluding diaryl/α,β-unsaturated/α-hetero) is 1. The van der Waals surface area contributed by atoms with Crippen molar-refractivity contribution in [1.29, 1.82) is 0 Å². The standard InChI is InChI=1S/C32H39N3O4/c1-22(2)17-27(35-20-23-9-7-6-8-10-23)29(36)21-34-24-11-13-25(14-12-24)39-30-15-16-33-28-19-32(3,38-5)31(37-4)18-26(28)30/h6-16,18,22,27,34-35H,17,19-21H2,1-5H3. The Morgan fingerprint density at radius 1 is 1.05 bits per heavy atom. The number of anilines is 1. The van der Waals surface area contributed by atoms with Crippen molar-refractivity contribution in [3.05, 3.63) is 89.4 Å². The molecule has 7 heteroatoms. The van der Waals surface area contributed by atoms with Gasteiger partial charge in [-0.1, -0.05) is 44.2 Å². The van der Waals surface area contributed by atoms with Crippen molar-refractivity contribution in [2.75, 3.05) is 26.1 Å². The maximum atomic E-state index is 13.1. The lowest BCUT2D eigenvalue weighted by atomic mass is 9.88. The molecule has 2 aromatic carbocycles. The van der Waals surface area contributed by atoms with Gasteiger partial charge in [0.05, 0.1) is 25.4 Å². The number of fused-ring (bicyclic) bond motifs is 1. The number of nitrogens with one attached hydrogen (secondary N) is 2. The van der Waals surface area contributed by atoms with Gasteiger partial charge in [-0.15, -0.1) is 0 Å². The Labute approximate surface area is 231 Å². The Kier molecular flexibility index (Phi) is 9.38. The second kappa shape index (κ2) is 12.9. The van der Waals surface area contributed by atoms with E-state index in [-0.39, 0.29) is 18.4 Å². The van der Waals surface area contributed by atoms with Gasteiger partial charge in [0.25, 0.3) is 0 Å². The lowest BCUT2D eigenvalue weighted by Crippen LogP contribution is -2.40. The zero-order valence-electron chi connectivity index (χ0n) is 23.5. The zero-order valence-corrected chi connectivity index (χ0v) is 23.5. The van der Waals surface area contributed by atoms with Crippen molar-refractivity contribution in [3.8, 4) is 11.5 Å². The Morgan fingerprint density at radius 3 is 2.46 bits per heavy atom. The van der Waals surface area contributed by atoms with E-state index in [9.17, 15) is 4.79 Å². The van der Waals surface area contributed by atoms with Crippen LogP contribution in [-0.4, -0.2) is 43.2 Å². The minimum absolute atomic E-state index is 0.146. The van der Waals surface area contributed by atoms with Gasteiger partial charge < -0.3 is 24.8 Å². The Bertz CT molecular complexity index is 1270. The number of rotatable bonds is 13. The lowest BCUT2D eigenvalue weighted by Gasteiger charge is -2.33. The van der Waals surface area contributed by atoms with Crippen LogP contribution in [0.1, 0.15) is 44.0 Å². The van der Waals surface area contributed by atoms with E-state index in [2.05, 4.69) is 41.6 Å². The van der Waals surface area contributed by atoms with Crippen LogP contribution in [0.3, 0.4) is 0 Å². The molecule has 1 heterocycles. The van der Waals surface area contributed by atoms with Gasteiger partial charge in [0.1, 0.15) is 22.9 Å². The van der Waals surface area contributed by atoms with E-state index in [1.165, 1.54) is 5.56 Å². The summed E-state index contributed by atoms with van der Waals surface area (Å²) in [5.74, 6) is 2.68. The molecule has 0 aliphatic heterocycles. The van der Waals surface area contributed by atoms with E-state index in [0.717, 1.165) is 29.1 Å². The molecule has 0 saturated heterocycles. The molecule has 0 spiro atoms. The summed E-state index contributed by atoms with van der Waals surface area (Å²) in [5.41, 5.74) is 3.24. The van der Waals surface area contributed by atoms with Gasteiger partial charge in [0, 0.05) is 37.5 Å². The predicted octanol–water partition coefficient (Wildman–Crippen LogP) is 6.01. The second-order valence-corrected chi connectivity index (χ2v) is 10.5. The minimum Gasteiger partial charge on any atom is -0.498 e. The third kappa shape index (κ3) is 7.25. The van der Waals surface area contributed by atoms with Gasteiger partial charge in [-0.3, -0.25) is 9.78 Å². The van der Waals surface area contributed by atoms with Crippen LogP contribution in [0.25, 0.3) is 6.08 Å². The quantitative estimate of drug-likeness (QED) is 0.281. The van der Waals surface area contributed by atoms with Gasteiger partial charge in [0.15, 0.2) is 5.78 Å². The number of aromatic nitrogens is 1. The summed E-state index contributed by atoms with van der Waals surface area (Å²) in [7, 11) is 3.32. The van der Waals surface area contributed by atoms with Crippen molar-refractivity contribution >= 4 is 17.5 Å². The van der Waals surface area contributed by atoms with Crippen LogP contribution in [0.4, 0.5) is 5.69 Å². The first-order valence-corrected chi connectivity index (χ1v) is 13.4. The average molecular weight is 530 g/mol. The molecule has 2 N–H and O–H groups in total. The monoisotopic (exact) mass is 529 g/mol. The summed E-state index contributed by atoms with van der Waals surface area (Å²) >= 11 is 0. The van der Waals surface area contributed by atoms with Crippen molar-refractivity contribution < 1.29 is 19.0 Å². The first-order valence-electron chi connectivity index (χ1n) is 13.4.